The molecule has 3 heterocycles. The molecule has 0 saturated carbocycles. The zero-order chi connectivity index (χ0) is 35.3. The molecule has 50 heavy (non-hydrogen) atoms. The molecule has 3 aromatic carbocycles. The first-order valence-electron chi connectivity index (χ1n) is 16.4. The number of nitrogens with one attached hydrogen (secondary N) is 1. The number of halogens is 3. The van der Waals surface area contributed by atoms with Gasteiger partial charge in [-0.2, -0.15) is 13.2 Å². The van der Waals surface area contributed by atoms with E-state index < -0.39 is 30.3 Å². The van der Waals surface area contributed by atoms with Gasteiger partial charge in [-0.3, -0.25) is 9.59 Å². The van der Waals surface area contributed by atoms with Crippen LogP contribution in [0.1, 0.15) is 54.4 Å². The van der Waals surface area contributed by atoms with E-state index in [4.69, 9.17) is 9.47 Å². The van der Waals surface area contributed by atoms with Crippen LogP contribution in [0.3, 0.4) is 0 Å². The predicted octanol–water partition coefficient (Wildman–Crippen LogP) is 6.39. The summed E-state index contributed by atoms with van der Waals surface area (Å²) in [6.45, 7) is 2.02. The summed E-state index contributed by atoms with van der Waals surface area (Å²) in [5.74, 6) is -2.00. The molecule has 0 radical (unpaired) electrons. The summed E-state index contributed by atoms with van der Waals surface area (Å²) < 4.78 is 52.4. The van der Waals surface area contributed by atoms with E-state index >= 15 is 0 Å². The number of carbonyl (C=O) groups excluding carboxylic acids is 2. The molecule has 2 N–H and O–H groups in total. The lowest BCUT2D eigenvalue weighted by atomic mass is 9.91. The van der Waals surface area contributed by atoms with Crippen LogP contribution in [0.4, 0.5) is 13.2 Å². The summed E-state index contributed by atoms with van der Waals surface area (Å²) in [4.78, 5) is 34.1. The Morgan fingerprint density at radius 1 is 0.960 bits per heavy atom. The van der Waals surface area contributed by atoms with Gasteiger partial charge in [0.2, 0.25) is 5.91 Å². The number of likely N-dealkylation sites (tertiary alicyclic amines) is 1. The molecule has 2 saturated heterocycles. The minimum Gasteiger partial charge on any atom is -0.392 e. The second kappa shape index (κ2) is 15.7. The van der Waals surface area contributed by atoms with Crippen molar-refractivity contribution in [1.82, 2.24) is 20.2 Å². The number of thioether (sulfide) groups is 1. The van der Waals surface area contributed by atoms with E-state index in [1.54, 1.807) is 18.5 Å². The average molecular weight is 707 g/mol. The topological polar surface area (TPSA) is 114 Å². The van der Waals surface area contributed by atoms with Crippen molar-refractivity contribution in [2.24, 2.45) is 5.92 Å². The summed E-state index contributed by atoms with van der Waals surface area (Å²) in [6.07, 6.45) is -2.27. The number of amides is 2. The highest BCUT2D eigenvalue weighted by atomic mass is 32.2. The molecule has 0 bridgehead atoms. The molecule has 0 aliphatic carbocycles. The summed E-state index contributed by atoms with van der Waals surface area (Å²) >= 11 is 1.51. The number of aromatic nitrogens is 2. The smallest absolute Gasteiger partial charge is 0.392 e. The van der Waals surface area contributed by atoms with Crippen molar-refractivity contribution >= 4 is 23.6 Å². The molecule has 1 aromatic heterocycles. The average Bonchev–Trinajstić information content (AvgIpc) is 3.63. The van der Waals surface area contributed by atoms with Crippen molar-refractivity contribution in [1.29, 1.82) is 0 Å². The molecule has 9 nitrogen and oxygen atoms in total. The second-order valence-electron chi connectivity index (χ2n) is 12.3. The van der Waals surface area contributed by atoms with Gasteiger partial charge < -0.3 is 24.8 Å². The van der Waals surface area contributed by atoms with Crippen LogP contribution in [0.15, 0.2) is 96.4 Å². The first-order chi connectivity index (χ1) is 24.1. The number of carbonyl (C=O) groups is 2. The van der Waals surface area contributed by atoms with Gasteiger partial charge >= 0.3 is 12.1 Å². The molecule has 2 aliphatic heterocycles. The Balaban J connectivity index is 1.17. The van der Waals surface area contributed by atoms with Crippen molar-refractivity contribution in [3.8, 4) is 11.1 Å². The van der Waals surface area contributed by atoms with Crippen LogP contribution in [-0.4, -0.2) is 62.4 Å². The van der Waals surface area contributed by atoms with Crippen molar-refractivity contribution in [3.05, 3.63) is 114 Å². The quantitative estimate of drug-likeness (QED) is 0.144. The van der Waals surface area contributed by atoms with Crippen LogP contribution in [-0.2, 0) is 32.2 Å². The normalized spacial score (nSPS) is 22.3. The Kier molecular flexibility index (Phi) is 11.2. The van der Waals surface area contributed by atoms with Gasteiger partial charge in [0.05, 0.1) is 18.8 Å². The van der Waals surface area contributed by atoms with Crippen LogP contribution in [0.5, 0.6) is 0 Å². The zero-order valence-electron chi connectivity index (χ0n) is 27.3. The lowest BCUT2D eigenvalue weighted by molar-refractivity contribution is -0.268. The Labute approximate surface area is 292 Å². The molecular weight excluding hydrogens is 669 g/mol. The highest BCUT2D eigenvalue weighted by Crippen LogP contribution is 2.43. The standard InChI is InChI=1S/C37H37F3N4O5S/c1-23-31(22-50-36-41-17-5-18-42-36)48-34(49-32(23)26-11-9-24(21-45)10-12-26)27-15-13-25(14-16-27)29-7-3-2-6-28(29)20-43-33(46)30-8-4-19-44(30)35(47)37(38,39)40/h2-3,5-7,9-18,23,30-32,34,45H,4,8,19-22H2,1H3,(H,43,46). The number of aliphatic hydroxyl groups is 1. The van der Waals surface area contributed by atoms with Gasteiger partial charge in [-0.05, 0) is 46.7 Å². The van der Waals surface area contributed by atoms with E-state index in [2.05, 4.69) is 22.2 Å². The van der Waals surface area contributed by atoms with E-state index in [-0.39, 0.29) is 44.2 Å². The third kappa shape index (κ3) is 8.18. The van der Waals surface area contributed by atoms with E-state index in [1.165, 1.54) is 11.8 Å². The third-order valence-corrected chi connectivity index (χ3v) is 10.0. The highest BCUT2D eigenvalue weighted by molar-refractivity contribution is 7.99. The SMILES string of the molecule is CC1C(CSc2ncccn2)OC(c2ccc(-c3ccccc3CNC(=O)C3CCCN3C(=O)C(F)(F)F)cc2)OC1c1ccc(CO)cc1. The van der Waals surface area contributed by atoms with Crippen molar-refractivity contribution < 1.29 is 37.3 Å². The molecule has 2 aliphatic rings. The summed E-state index contributed by atoms with van der Waals surface area (Å²) in [7, 11) is 0. The van der Waals surface area contributed by atoms with Gasteiger partial charge in [0.1, 0.15) is 6.04 Å². The van der Waals surface area contributed by atoms with E-state index in [0.717, 1.165) is 33.4 Å². The Hall–Kier alpha value is -4.30. The largest absolute Gasteiger partial charge is 0.471 e. The molecule has 0 spiro atoms. The molecular formula is C37H37F3N4O5S. The van der Waals surface area contributed by atoms with Crippen LogP contribution >= 0.6 is 11.8 Å². The maximum Gasteiger partial charge on any atom is 0.471 e. The van der Waals surface area contributed by atoms with Gasteiger partial charge in [-0.15, -0.1) is 0 Å². The minimum absolute atomic E-state index is 0.00769. The number of hydrogen-bond donors (Lipinski definition) is 2. The summed E-state index contributed by atoms with van der Waals surface area (Å²) in [5, 5.41) is 12.9. The Morgan fingerprint density at radius 2 is 1.66 bits per heavy atom. The van der Waals surface area contributed by atoms with E-state index in [9.17, 15) is 27.9 Å². The monoisotopic (exact) mass is 706 g/mol. The van der Waals surface area contributed by atoms with E-state index in [1.807, 2.05) is 72.8 Å². The van der Waals surface area contributed by atoms with Crippen molar-refractivity contribution in [3.63, 3.8) is 0 Å². The predicted molar refractivity (Wildman–Crippen MR) is 180 cm³/mol. The number of aliphatic hydroxyl groups excluding tert-OH is 1. The molecule has 6 rings (SSSR count). The van der Waals surface area contributed by atoms with Crippen molar-refractivity contribution in [2.45, 2.75) is 68.8 Å². The second-order valence-corrected chi connectivity index (χ2v) is 13.3. The lowest BCUT2D eigenvalue weighted by Crippen LogP contribution is -2.50. The van der Waals surface area contributed by atoms with E-state index in [0.29, 0.717) is 22.2 Å². The Bertz CT molecular complexity index is 1760. The Morgan fingerprint density at radius 3 is 2.36 bits per heavy atom. The first-order valence-corrected chi connectivity index (χ1v) is 17.3. The third-order valence-electron chi connectivity index (χ3n) is 9.07. The van der Waals surface area contributed by atoms with Crippen LogP contribution in [0, 0.1) is 5.92 Å². The molecule has 5 atom stereocenters. The number of rotatable bonds is 10. The highest BCUT2D eigenvalue weighted by Gasteiger charge is 2.47. The number of nitrogens with zero attached hydrogens (tertiary/aromatic N) is 3. The van der Waals surface area contributed by atoms with Gasteiger partial charge in [0, 0.05) is 42.7 Å². The van der Waals surface area contributed by atoms with Crippen LogP contribution in [0.2, 0.25) is 0 Å². The van der Waals surface area contributed by atoms with Gasteiger partial charge in [-0.25, -0.2) is 9.97 Å². The van der Waals surface area contributed by atoms with Gasteiger partial charge in [0.25, 0.3) is 0 Å². The van der Waals surface area contributed by atoms with Crippen LogP contribution < -0.4 is 5.32 Å². The molecule has 2 amide bonds. The fraction of sp³-hybridized carbons (Fsp3) is 0.351. The zero-order valence-corrected chi connectivity index (χ0v) is 28.1. The number of benzene rings is 3. The molecule has 5 unspecified atom stereocenters. The number of alkyl halides is 3. The summed E-state index contributed by atoms with van der Waals surface area (Å²) in [6, 6.07) is 23.5. The molecule has 13 heteroatoms. The van der Waals surface area contributed by atoms with Crippen molar-refractivity contribution in [2.75, 3.05) is 12.3 Å². The fourth-order valence-corrected chi connectivity index (χ4v) is 7.31. The minimum atomic E-state index is -5.03. The maximum atomic E-state index is 13.1. The summed E-state index contributed by atoms with van der Waals surface area (Å²) in [5.41, 5.74) is 5.07. The first kappa shape index (κ1) is 35.5. The van der Waals surface area contributed by atoms with Crippen LogP contribution in [0.25, 0.3) is 11.1 Å². The molecule has 2 fully saturated rings. The number of hydrogen-bond acceptors (Lipinski definition) is 8. The maximum absolute atomic E-state index is 13.1. The fourth-order valence-electron chi connectivity index (χ4n) is 6.35. The van der Waals surface area contributed by atoms with Gasteiger partial charge in [-0.1, -0.05) is 91.5 Å². The lowest BCUT2D eigenvalue weighted by Gasteiger charge is -2.41. The number of ether oxygens (including phenoxy) is 2. The molecule has 262 valence electrons. The molecule has 4 aromatic rings. The van der Waals surface area contributed by atoms with Gasteiger partial charge in [0.15, 0.2) is 11.4 Å².